The molecule has 1 fully saturated rings. The molecule has 3 aliphatic rings. The Morgan fingerprint density at radius 2 is 2.29 bits per heavy atom. The van der Waals surface area contributed by atoms with Crippen LogP contribution in [0.2, 0.25) is 0 Å². The second-order valence-electron chi connectivity index (χ2n) is 6.44. The van der Waals surface area contributed by atoms with Crippen LogP contribution in [0.3, 0.4) is 0 Å². The molecule has 4 nitrogen and oxygen atoms in total. The molecule has 6 heteroatoms. The molecule has 2 atom stereocenters. The van der Waals surface area contributed by atoms with E-state index in [1.54, 1.807) is 0 Å². The van der Waals surface area contributed by atoms with Gasteiger partial charge >= 0.3 is 0 Å². The molecular weight excluding hydrogens is 278 g/mol. The maximum Gasteiger partial charge on any atom is 0.274 e. The maximum atomic E-state index is 13.5. The first-order valence-electron chi connectivity index (χ1n) is 7.34. The van der Waals surface area contributed by atoms with Gasteiger partial charge in [0, 0.05) is 24.8 Å². The van der Waals surface area contributed by atoms with Crippen molar-refractivity contribution in [3.8, 4) is 0 Å². The van der Waals surface area contributed by atoms with Gasteiger partial charge in [0.25, 0.3) is 11.8 Å². The molecule has 1 amide bonds. The average Bonchev–Trinajstić information content (AvgIpc) is 3.10. The van der Waals surface area contributed by atoms with Crippen molar-refractivity contribution in [3.05, 3.63) is 29.2 Å². The summed E-state index contributed by atoms with van der Waals surface area (Å²) in [7, 11) is 0. The zero-order valence-electron chi connectivity index (χ0n) is 11.5. The van der Waals surface area contributed by atoms with Gasteiger partial charge in [-0.15, -0.1) is 0 Å². The lowest BCUT2D eigenvalue weighted by Gasteiger charge is -2.25. The third kappa shape index (κ3) is 2.08. The van der Waals surface area contributed by atoms with Crippen molar-refractivity contribution in [2.24, 2.45) is 5.92 Å². The highest BCUT2D eigenvalue weighted by Gasteiger charge is 2.44. The van der Waals surface area contributed by atoms with E-state index in [9.17, 15) is 13.6 Å². The van der Waals surface area contributed by atoms with Crippen molar-refractivity contribution in [3.63, 3.8) is 0 Å². The monoisotopic (exact) mass is 294 g/mol. The molecule has 2 unspecified atom stereocenters. The van der Waals surface area contributed by atoms with E-state index in [1.807, 2.05) is 6.08 Å². The SMILES string of the molecule is O=C(NC12C=CC(CC1)C2)c1noc2c1CC(F)(F)CC2. The third-order valence-corrected chi connectivity index (χ3v) is 4.88. The Kier molecular flexibility index (Phi) is 2.56. The van der Waals surface area contributed by atoms with Gasteiger partial charge in [-0.1, -0.05) is 17.3 Å². The van der Waals surface area contributed by atoms with E-state index in [-0.39, 0.29) is 29.6 Å². The summed E-state index contributed by atoms with van der Waals surface area (Å²) in [5.74, 6) is -2.22. The Bertz CT molecular complexity index is 638. The van der Waals surface area contributed by atoms with E-state index in [0.717, 1.165) is 19.3 Å². The smallest absolute Gasteiger partial charge is 0.274 e. The van der Waals surface area contributed by atoms with Crippen molar-refractivity contribution < 1.29 is 18.1 Å². The molecule has 21 heavy (non-hydrogen) atoms. The summed E-state index contributed by atoms with van der Waals surface area (Å²) in [5, 5.41) is 6.71. The van der Waals surface area contributed by atoms with E-state index in [1.165, 1.54) is 0 Å². The summed E-state index contributed by atoms with van der Waals surface area (Å²) in [5.41, 5.74) is -0.00992. The molecule has 0 spiro atoms. The number of rotatable bonds is 2. The standard InChI is InChI=1S/C15H16F2N2O2/c16-15(17)6-3-11-10(8-15)12(19-21-11)13(20)18-14-4-1-9(7-14)2-5-14/h1,4,9H,2-3,5-8H2,(H,18,20). The van der Waals surface area contributed by atoms with E-state index in [0.29, 0.717) is 11.7 Å². The highest BCUT2D eigenvalue weighted by atomic mass is 19.3. The second-order valence-corrected chi connectivity index (χ2v) is 6.44. The average molecular weight is 294 g/mol. The molecule has 2 bridgehead atoms. The van der Waals surface area contributed by atoms with Crippen molar-refractivity contribution in [1.29, 1.82) is 0 Å². The highest BCUT2D eigenvalue weighted by Crippen LogP contribution is 2.42. The fourth-order valence-electron chi connectivity index (χ4n) is 3.74. The number of halogens is 2. The quantitative estimate of drug-likeness (QED) is 0.853. The van der Waals surface area contributed by atoms with Crippen LogP contribution < -0.4 is 5.32 Å². The number of hydrogen-bond acceptors (Lipinski definition) is 3. The van der Waals surface area contributed by atoms with Gasteiger partial charge < -0.3 is 9.84 Å². The van der Waals surface area contributed by atoms with E-state index >= 15 is 0 Å². The van der Waals surface area contributed by atoms with Gasteiger partial charge in [0.05, 0.1) is 5.54 Å². The number of hydrogen-bond donors (Lipinski definition) is 1. The Balaban J connectivity index is 1.59. The molecule has 4 rings (SSSR count). The first-order valence-corrected chi connectivity index (χ1v) is 7.34. The Hall–Kier alpha value is -1.72. The number of carbonyl (C=O) groups excluding carboxylic acids is 1. The third-order valence-electron chi connectivity index (χ3n) is 4.88. The molecule has 1 N–H and O–H groups in total. The lowest BCUT2D eigenvalue weighted by Crippen LogP contribution is -2.44. The van der Waals surface area contributed by atoms with Gasteiger partial charge in [0.2, 0.25) is 0 Å². The summed E-state index contributed by atoms with van der Waals surface area (Å²) < 4.78 is 32.2. The van der Waals surface area contributed by atoms with Gasteiger partial charge in [0.1, 0.15) is 5.76 Å². The lowest BCUT2D eigenvalue weighted by molar-refractivity contribution is -0.0147. The summed E-state index contributed by atoms with van der Waals surface area (Å²) in [6, 6.07) is 0. The molecule has 0 aromatic carbocycles. The normalized spacial score (nSPS) is 32.2. The van der Waals surface area contributed by atoms with E-state index in [4.69, 9.17) is 4.52 Å². The van der Waals surface area contributed by atoms with Crippen molar-refractivity contribution in [2.45, 2.75) is 50.0 Å². The zero-order chi connectivity index (χ0) is 14.7. The first-order chi connectivity index (χ1) is 9.96. The van der Waals surface area contributed by atoms with Crippen LogP contribution >= 0.6 is 0 Å². The van der Waals surface area contributed by atoms with Crippen molar-refractivity contribution in [2.75, 3.05) is 0 Å². The van der Waals surface area contributed by atoms with Gasteiger partial charge in [-0.2, -0.15) is 0 Å². The number of nitrogens with one attached hydrogen (secondary N) is 1. The minimum absolute atomic E-state index is 0.0301. The number of aromatic nitrogens is 1. The molecule has 1 aromatic heterocycles. The van der Waals surface area contributed by atoms with Crippen LogP contribution in [0.15, 0.2) is 16.7 Å². The fraction of sp³-hybridized carbons (Fsp3) is 0.600. The Morgan fingerprint density at radius 3 is 2.95 bits per heavy atom. The highest BCUT2D eigenvalue weighted by molar-refractivity contribution is 5.94. The zero-order valence-corrected chi connectivity index (χ0v) is 11.5. The van der Waals surface area contributed by atoms with Crippen LogP contribution in [-0.2, 0) is 12.8 Å². The number of nitrogens with zero attached hydrogens (tertiary/aromatic N) is 1. The minimum atomic E-state index is -2.78. The van der Waals surface area contributed by atoms with Crippen molar-refractivity contribution >= 4 is 5.91 Å². The predicted octanol–water partition coefficient (Wildman–Crippen LogP) is 2.64. The van der Waals surface area contributed by atoms with Gasteiger partial charge in [-0.05, 0) is 25.2 Å². The van der Waals surface area contributed by atoms with Gasteiger partial charge in [-0.25, -0.2) is 8.78 Å². The first kappa shape index (κ1) is 13.0. The Labute approximate surface area is 120 Å². The van der Waals surface area contributed by atoms with Gasteiger partial charge in [0.15, 0.2) is 5.69 Å². The number of alkyl halides is 2. The molecular formula is C15H16F2N2O2. The summed E-state index contributed by atoms with van der Waals surface area (Å²) >= 11 is 0. The predicted molar refractivity (Wildman–Crippen MR) is 70.2 cm³/mol. The minimum Gasteiger partial charge on any atom is -0.360 e. The summed E-state index contributed by atoms with van der Waals surface area (Å²) in [6.07, 6.45) is 6.44. The summed E-state index contributed by atoms with van der Waals surface area (Å²) in [6.45, 7) is 0. The summed E-state index contributed by atoms with van der Waals surface area (Å²) in [4.78, 5) is 12.4. The van der Waals surface area contributed by atoms with Crippen molar-refractivity contribution in [1.82, 2.24) is 10.5 Å². The van der Waals surface area contributed by atoms with E-state index in [2.05, 4.69) is 16.5 Å². The van der Waals surface area contributed by atoms with Crippen LogP contribution in [0.1, 0.15) is 47.5 Å². The molecule has 0 aliphatic heterocycles. The number of amides is 1. The van der Waals surface area contributed by atoms with E-state index < -0.39 is 18.3 Å². The van der Waals surface area contributed by atoms with Crippen LogP contribution in [0.5, 0.6) is 0 Å². The van der Waals surface area contributed by atoms with Gasteiger partial charge in [-0.3, -0.25) is 4.79 Å². The molecule has 0 radical (unpaired) electrons. The molecule has 112 valence electrons. The lowest BCUT2D eigenvalue weighted by atomic mass is 9.92. The van der Waals surface area contributed by atoms with Crippen LogP contribution in [0.25, 0.3) is 0 Å². The molecule has 0 saturated heterocycles. The second kappa shape index (κ2) is 4.15. The topological polar surface area (TPSA) is 55.1 Å². The molecule has 1 aromatic rings. The fourth-order valence-corrected chi connectivity index (χ4v) is 3.74. The van der Waals surface area contributed by atoms with Crippen LogP contribution in [0.4, 0.5) is 8.78 Å². The number of allylic oxidation sites excluding steroid dienone is 1. The molecule has 3 aliphatic carbocycles. The molecule has 1 heterocycles. The van der Waals surface area contributed by atoms with Crippen LogP contribution in [-0.4, -0.2) is 22.5 Å². The van der Waals surface area contributed by atoms with Crippen LogP contribution in [0, 0.1) is 5.92 Å². The number of aryl methyl sites for hydroxylation is 1. The molecule has 1 saturated carbocycles. The number of fused-ring (bicyclic) bond motifs is 3. The maximum absolute atomic E-state index is 13.5. The number of carbonyl (C=O) groups is 1. The Morgan fingerprint density at radius 1 is 1.43 bits per heavy atom. The largest absolute Gasteiger partial charge is 0.360 e.